The molecule has 106 valence electrons. The van der Waals surface area contributed by atoms with Crippen LogP contribution in [0.4, 0.5) is 13.2 Å². The fraction of sp³-hybridized carbons (Fsp3) is 0.200. The zero-order chi connectivity index (χ0) is 14.5. The molecule has 0 aliphatic rings. The SMILES string of the molecule is CNCc1ccc(OCc2cc(F)ccc2F)c(F)c1. The summed E-state index contributed by atoms with van der Waals surface area (Å²) in [4.78, 5) is 0. The van der Waals surface area contributed by atoms with Crippen LogP contribution in [0.25, 0.3) is 0 Å². The Morgan fingerprint density at radius 1 is 1.00 bits per heavy atom. The lowest BCUT2D eigenvalue weighted by atomic mass is 10.2. The number of hydrogen-bond acceptors (Lipinski definition) is 2. The lowest BCUT2D eigenvalue weighted by Gasteiger charge is -2.09. The number of rotatable bonds is 5. The van der Waals surface area contributed by atoms with Crippen LogP contribution in [0, 0.1) is 17.5 Å². The number of halogens is 3. The fourth-order valence-electron chi connectivity index (χ4n) is 1.78. The van der Waals surface area contributed by atoms with Crippen molar-refractivity contribution in [1.29, 1.82) is 0 Å². The van der Waals surface area contributed by atoms with Gasteiger partial charge in [-0.25, -0.2) is 13.2 Å². The van der Waals surface area contributed by atoms with Crippen molar-refractivity contribution in [1.82, 2.24) is 5.32 Å². The Balaban J connectivity index is 2.09. The molecule has 0 radical (unpaired) electrons. The minimum atomic E-state index is -0.585. The van der Waals surface area contributed by atoms with E-state index in [1.54, 1.807) is 13.1 Å². The first-order valence-electron chi connectivity index (χ1n) is 6.10. The van der Waals surface area contributed by atoms with Gasteiger partial charge in [0.1, 0.15) is 18.2 Å². The fourth-order valence-corrected chi connectivity index (χ4v) is 1.78. The molecule has 2 aromatic rings. The first kappa shape index (κ1) is 14.4. The van der Waals surface area contributed by atoms with E-state index in [0.717, 1.165) is 23.8 Å². The second kappa shape index (κ2) is 6.43. The van der Waals surface area contributed by atoms with Crippen LogP contribution in [0.5, 0.6) is 5.75 Å². The summed E-state index contributed by atoms with van der Waals surface area (Å²) >= 11 is 0. The molecule has 0 fully saturated rings. The molecule has 0 aliphatic heterocycles. The third kappa shape index (κ3) is 3.51. The van der Waals surface area contributed by atoms with Crippen molar-refractivity contribution in [3.05, 3.63) is 65.0 Å². The van der Waals surface area contributed by atoms with Crippen molar-refractivity contribution in [2.24, 2.45) is 0 Å². The summed E-state index contributed by atoms with van der Waals surface area (Å²) < 4.78 is 45.3. The number of hydrogen-bond donors (Lipinski definition) is 1. The van der Waals surface area contributed by atoms with Crippen LogP contribution in [0.15, 0.2) is 36.4 Å². The summed E-state index contributed by atoms with van der Waals surface area (Å²) in [5, 5.41) is 2.90. The van der Waals surface area contributed by atoms with Crippen molar-refractivity contribution < 1.29 is 17.9 Å². The minimum Gasteiger partial charge on any atom is -0.486 e. The van der Waals surface area contributed by atoms with Crippen LogP contribution >= 0.6 is 0 Å². The predicted octanol–water partition coefficient (Wildman–Crippen LogP) is 3.40. The van der Waals surface area contributed by atoms with Gasteiger partial charge in [-0.05, 0) is 42.9 Å². The van der Waals surface area contributed by atoms with Crippen LogP contribution < -0.4 is 10.1 Å². The molecule has 20 heavy (non-hydrogen) atoms. The van der Waals surface area contributed by atoms with E-state index >= 15 is 0 Å². The van der Waals surface area contributed by atoms with E-state index in [2.05, 4.69) is 5.32 Å². The van der Waals surface area contributed by atoms with Gasteiger partial charge in [0.05, 0.1) is 0 Å². The molecule has 0 atom stereocenters. The number of benzene rings is 2. The van der Waals surface area contributed by atoms with Crippen molar-refractivity contribution in [3.63, 3.8) is 0 Å². The van der Waals surface area contributed by atoms with Gasteiger partial charge in [-0.3, -0.25) is 0 Å². The van der Waals surface area contributed by atoms with E-state index in [4.69, 9.17) is 4.74 Å². The Hall–Kier alpha value is -2.01. The molecule has 2 aromatic carbocycles. The predicted molar refractivity (Wildman–Crippen MR) is 69.9 cm³/mol. The lowest BCUT2D eigenvalue weighted by Crippen LogP contribution is -2.06. The van der Waals surface area contributed by atoms with E-state index < -0.39 is 17.5 Å². The summed E-state index contributed by atoms with van der Waals surface area (Å²) in [5.41, 5.74) is 0.818. The summed E-state index contributed by atoms with van der Waals surface area (Å²) in [7, 11) is 1.76. The zero-order valence-electron chi connectivity index (χ0n) is 10.9. The highest BCUT2D eigenvalue weighted by Crippen LogP contribution is 2.20. The minimum absolute atomic E-state index is 0.00788. The largest absolute Gasteiger partial charge is 0.486 e. The molecule has 0 amide bonds. The molecule has 0 heterocycles. The van der Waals surface area contributed by atoms with Crippen LogP contribution in [0.1, 0.15) is 11.1 Å². The molecule has 0 spiro atoms. The Morgan fingerprint density at radius 2 is 1.80 bits per heavy atom. The topological polar surface area (TPSA) is 21.3 Å². The van der Waals surface area contributed by atoms with Crippen LogP contribution in [0.3, 0.4) is 0 Å². The van der Waals surface area contributed by atoms with Gasteiger partial charge in [-0.2, -0.15) is 0 Å². The molecule has 0 saturated heterocycles. The van der Waals surface area contributed by atoms with E-state index in [1.165, 1.54) is 12.1 Å². The van der Waals surface area contributed by atoms with Gasteiger partial charge in [-0.1, -0.05) is 6.07 Å². The molecule has 0 aromatic heterocycles. The quantitative estimate of drug-likeness (QED) is 0.907. The highest BCUT2D eigenvalue weighted by molar-refractivity contribution is 5.30. The highest BCUT2D eigenvalue weighted by Gasteiger charge is 2.08. The summed E-state index contributed by atoms with van der Waals surface area (Å²) in [6.07, 6.45) is 0. The average molecular weight is 281 g/mol. The Morgan fingerprint density at radius 3 is 2.50 bits per heavy atom. The van der Waals surface area contributed by atoms with E-state index in [-0.39, 0.29) is 17.9 Å². The molecule has 0 bridgehead atoms. The maximum atomic E-state index is 13.7. The first-order chi connectivity index (χ1) is 9.60. The molecular weight excluding hydrogens is 267 g/mol. The number of nitrogens with one attached hydrogen (secondary N) is 1. The van der Waals surface area contributed by atoms with E-state index in [0.29, 0.717) is 6.54 Å². The second-order valence-electron chi connectivity index (χ2n) is 4.32. The van der Waals surface area contributed by atoms with Gasteiger partial charge in [0, 0.05) is 12.1 Å². The molecule has 5 heteroatoms. The lowest BCUT2D eigenvalue weighted by molar-refractivity contribution is 0.284. The Labute approximate surface area is 115 Å². The van der Waals surface area contributed by atoms with Gasteiger partial charge in [0.2, 0.25) is 0 Å². The molecule has 0 aliphatic carbocycles. The normalized spacial score (nSPS) is 10.6. The molecule has 1 N–H and O–H groups in total. The first-order valence-corrected chi connectivity index (χ1v) is 6.10. The van der Waals surface area contributed by atoms with Crippen molar-refractivity contribution in [2.45, 2.75) is 13.2 Å². The van der Waals surface area contributed by atoms with Gasteiger partial charge < -0.3 is 10.1 Å². The maximum absolute atomic E-state index is 13.7. The van der Waals surface area contributed by atoms with Crippen molar-refractivity contribution >= 4 is 0 Å². The zero-order valence-corrected chi connectivity index (χ0v) is 10.9. The Kier molecular flexibility index (Phi) is 4.63. The summed E-state index contributed by atoms with van der Waals surface area (Å²) in [5.74, 6) is -1.67. The Bertz CT molecular complexity index is 602. The molecule has 2 rings (SSSR count). The van der Waals surface area contributed by atoms with E-state index in [1.807, 2.05) is 0 Å². The second-order valence-corrected chi connectivity index (χ2v) is 4.32. The third-order valence-corrected chi connectivity index (χ3v) is 2.77. The van der Waals surface area contributed by atoms with Gasteiger partial charge in [0.25, 0.3) is 0 Å². The average Bonchev–Trinajstić information content (AvgIpc) is 2.42. The monoisotopic (exact) mass is 281 g/mol. The molecule has 0 saturated carbocycles. The summed E-state index contributed by atoms with van der Waals surface area (Å²) in [6, 6.07) is 7.58. The highest BCUT2D eigenvalue weighted by atomic mass is 19.1. The van der Waals surface area contributed by atoms with Gasteiger partial charge >= 0.3 is 0 Å². The smallest absolute Gasteiger partial charge is 0.165 e. The van der Waals surface area contributed by atoms with Gasteiger partial charge in [-0.15, -0.1) is 0 Å². The van der Waals surface area contributed by atoms with Crippen LogP contribution in [-0.4, -0.2) is 7.05 Å². The van der Waals surface area contributed by atoms with Crippen LogP contribution in [-0.2, 0) is 13.2 Å². The van der Waals surface area contributed by atoms with E-state index in [9.17, 15) is 13.2 Å². The van der Waals surface area contributed by atoms with Crippen molar-refractivity contribution in [3.8, 4) is 5.75 Å². The van der Waals surface area contributed by atoms with Crippen molar-refractivity contribution in [2.75, 3.05) is 7.05 Å². The third-order valence-electron chi connectivity index (χ3n) is 2.77. The standard InChI is InChI=1S/C15H14F3NO/c1-19-8-10-2-5-15(14(18)6-10)20-9-11-7-12(16)3-4-13(11)17/h2-7,19H,8-9H2,1H3. The molecular formula is C15H14F3NO. The van der Waals surface area contributed by atoms with Crippen LogP contribution in [0.2, 0.25) is 0 Å². The number of ether oxygens (including phenoxy) is 1. The maximum Gasteiger partial charge on any atom is 0.165 e. The van der Waals surface area contributed by atoms with Gasteiger partial charge in [0.15, 0.2) is 11.6 Å². The molecule has 2 nitrogen and oxygen atoms in total. The summed E-state index contributed by atoms with van der Waals surface area (Å²) in [6.45, 7) is 0.307. The molecule has 0 unspecified atom stereocenters.